The smallest absolute Gasteiger partial charge is 0.344 e. The van der Waals surface area contributed by atoms with Gasteiger partial charge in [0.2, 0.25) is 0 Å². The molecule has 0 spiro atoms. The molecule has 0 aliphatic carbocycles. The van der Waals surface area contributed by atoms with Crippen LogP contribution in [0.2, 0.25) is 0 Å². The van der Waals surface area contributed by atoms with Crippen molar-refractivity contribution in [1.82, 2.24) is 0 Å². The summed E-state index contributed by atoms with van der Waals surface area (Å²) in [6.07, 6.45) is 0. The molecule has 0 saturated heterocycles. The Morgan fingerprint density at radius 2 is 1.83 bits per heavy atom. The van der Waals surface area contributed by atoms with Crippen LogP contribution in [0.1, 0.15) is 15.9 Å². The zero-order valence-corrected chi connectivity index (χ0v) is 13.6. The maximum Gasteiger partial charge on any atom is 0.344 e. The van der Waals surface area contributed by atoms with Crippen molar-refractivity contribution in [3.8, 4) is 0 Å². The Bertz CT molecular complexity index is 745. The predicted octanol–water partition coefficient (Wildman–Crippen LogP) is 3.83. The summed E-state index contributed by atoms with van der Waals surface area (Å²) in [5, 5.41) is 2.52. The van der Waals surface area contributed by atoms with Gasteiger partial charge in [0.1, 0.15) is 17.2 Å². The van der Waals surface area contributed by atoms with Crippen molar-refractivity contribution in [2.75, 3.05) is 11.9 Å². The van der Waals surface area contributed by atoms with E-state index in [0.29, 0.717) is 5.69 Å². The number of anilines is 1. The fraction of sp³-hybridized carbons (Fsp3) is 0.125. The van der Waals surface area contributed by atoms with Gasteiger partial charge >= 0.3 is 5.97 Å². The molecule has 0 atom stereocenters. The van der Waals surface area contributed by atoms with Gasteiger partial charge in [0.25, 0.3) is 5.91 Å². The number of amides is 1. The molecule has 1 amide bonds. The van der Waals surface area contributed by atoms with Gasteiger partial charge < -0.3 is 10.1 Å². The number of halogens is 3. The van der Waals surface area contributed by atoms with Gasteiger partial charge in [-0.25, -0.2) is 13.6 Å². The highest BCUT2D eigenvalue weighted by atomic mass is 79.9. The van der Waals surface area contributed by atoms with Crippen molar-refractivity contribution >= 4 is 33.5 Å². The van der Waals surface area contributed by atoms with Gasteiger partial charge in [-0.15, -0.1) is 0 Å². The Morgan fingerprint density at radius 1 is 1.17 bits per heavy atom. The number of carbonyl (C=O) groups excluding carboxylic acids is 2. The number of hydrogen-bond acceptors (Lipinski definition) is 3. The summed E-state index contributed by atoms with van der Waals surface area (Å²) in [7, 11) is 0. The van der Waals surface area contributed by atoms with E-state index >= 15 is 0 Å². The van der Waals surface area contributed by atoms with E-state index < -0.39 is 35.7 Å². The van der Waals surface area contributed by atoms with Crippen molar-refractivity contribution < 1.29 is 23.1 Å². The van der Waals surface area contributed by atoms with E-state index in [4.69, 9.17) is 0 Å². The first-order valence-electron chi connectivity index (χ1n) is 6.55. The van der Waals surface area contributed by atoms with Crippen molar-refractivity contribution in [2.24, 2.45) is 0 Å². The molecule has 120 valence electrons. The van der Waals surface area contributed by atoms with Gasteiger partial charge in [-0.2, -0.15) is 0 Å². The Kier molecular flexibility index (Phi) is 5.44. The molecule has 0 saturated carbocycles. The van der Waals surface area contributed by atoms with E-state index in [0.717, 1.165) is 28.2 Å². The molecule has 0 bridgehead atoms. The Morgan fingerprint density at radius 3 is 2.43 bits per heavy atom. The van der Waals surface area contributed by atoms with Gasteiger partial charge in [-0.1, -0.05) is 22.0 Å². The van der Waals surface area contributed by atoms with Gasteiger partial charge in [0.15, 0.2) is 6.61 Å². The van der Waals surface area contributed by atoms with Crippen LogP contribution in [0, 0.1) is 18.6 Å². The molecule has 0 fully saturated rings. The van der Waals surface area contributed by atoms with Crippen LogP contribution in [0.15, 0.2) is 40.9 Å². The van der Waals surface area contributed by atoms with E-state index in [1.807, 2.05) is 6.92 Å². The number of benzene rings is 2. The normalized spacial score (nSPS) is 10.3. The van der Waals surface area contributed by atoms with Gasteiger partial charge in [-0.3, -0.25) is 4.79 Å². The summed E-state index contributed by atoms with van der Waals surface area (Å²) in [5.74, 6) is -3.93. The Hall–Kier alpha value is -2.28. The third kappa shape index (κ3) is 4.35. The average Bonchev–Trinajstić information content (AvgIpc) is 2.49. The fourth-order valence-corrected chi connectivity index (χ4v) is 2.06. The SMILES string of the molecule is Cc1cc(NC(=O)COC(=O)c2c(F)cccc2F)ccc1Br. The highest BCUT2D eigenvalue weighted by molar-refractivity contribution is 9.10. The summed E-state index contributed by atoms with van der Waals surface area (Å²) >= 11 is 3.33. The average molecular weight is 384 g/mol. The molecule has 0 heterocycles. The van der Waals surface area contributed by atoms with Crippen LogP contribution >= 0.6 is 15.9 Å². The standard InChI is InChI=1S/C16H12BrF2NO3/c1-9-7-10(5-6-11(9)17)20-14(21)8-23-16(22)15-12(18)3-2-4-13(15)19/h2-7H,8H2,1H3,(H,20,21). The zero-order valence-electron chi connectivity index (χ0n) is 12.0. The number of aryl methyl sites for hydroxylation is 1. The van der Waals surface area contributed by atoms with Crippen molar-refractivity contribution in [3.63, 3.8) is 0 Å². The third-order valence-electron chi connectivity index (χ3n) is 2.94. The lowest BCUT2D eigenvalue weighted by molar-refractivity contribution is -0.119. The predicted molar refractivity (Wildman–Crippen MR) is 84.1 cm³/mol. The third-order valence-corrected chi connectivity index (χ3v) is 3.83. The highest BCUT2D eigenvalue weighted by Crippen LogP contribution is 2.20. The molecule has 0 aliphatic rings. The fourth-order valence-electron chi connectivity index (χ4n) is 1.82. The first kappa shape index (κ1) is 17.1. The first-order valence-corrected chi connectivity index (χ1v) is 7.35. The van der Waals surface area contributed by atoms with Crippen LogP contribution in [0.4, 0.5) is 14.5 Å². The van der Waals surface area contributed by atoms with Crippen molar-refractivity contribution in [2.45, 2.75) is 6.92 Å². The van der Waals surface area contributed by atoms with Gasteiger partial charge in [-0.05, 0) is 42.8 Å². The Labute approximate surface area is 139 Å². The van der Waals surface area contributed by atoms with E-state index in [9.17, 15) is 18.4 Å². The number of esters is 1. The van der Waals surface area contributed by atoms with Crippen LogP contribution in [0.3, 0.4) is 0 Å². The van der Waals surface area contributed by atoms with Gasteiger partial charge in [0, 0.05) is 10.2 Å². The highest BCUT2D eigenvalue weighted by Gasteiger charge is 2.19. The van der Waals surface area contributed by atoms with E-state index in [-0.39, 0.29) is 0 Å². The summed E-state index contributed by atoms with van der Waals surface area (Å²) < 4.78 is 32.3. The first-order chi connectivity index (χ1) is 10.9. The summed E-state index contributed by atoms with van der Waals surface area (Å²) in [6, 6.07) is 8.14. The molecule has 2 aromatic carbocycles. The monoisotopic (exact) mass is 383 g/mol. The summed E-state index contributed by atoms with van der Waals surface area (Å²) in [5.41, 5.74) is 0.608. The summed E-state index contributed by atoms with van der Waals surface area (Å²) in [6.45, 7) is 1.20. The van der Waals surface area contributed by atoms with Crippen LogP contribution in [-0.2, 0) is 9.53 Å². The maximum atomic E-state index is 13.4. The van der Waals surface area contributed by atoms with Crippen LogP contribution < -0.4 is 5.32 Å². The second-order valence-electron chi connectivity index (χ2n) is 4.68. The minimum atomic E-state index is -1.23. The quantitative estimate of drug-likeness (QED) is 0.816. The minimum Gasteiger partial charge on any atom is -0.452 e. The molecule has 0 unspecified atom stereocenters. The largest absolute Gasteiger partial charge is 0.452 e. The van der Waals surface area contributed by atoms with Crippen LogP contribution in [-0.4, -0.2) is 18.5 Å². The number of ether oxygens (including phenoxy) is 1. The van der Waals surface area contributed by atoms with E-state index in [1.165, 1.54) is 0 Å². The zero-order chi connectivity index (χ0) is 17.0. The van der Waals surface area contributed by atoms with Gasteiger partial charge in [0.05, 0.1) is 0 Å². The van der Waals surface area contributed by atoms with Crippen molar-refractivity contribution in [3.05, 3.63) is 63.6 Å². The van der Waals surface area contributed by atoms with E-state index in [1.54, 1.807) is 18.2 Å². The molecule has 2 aromatic rings. The molecule has 1 N–H and O–H groups in total. The van der Waals surface area contributed by atoms with E-state index in [2.05, 4.69) is 26.0 Å². The molecule has 7 heteroatoms. The lowest BCUT2D eigenvalue weighted by Crippen LogP contribution is -2.22. The number of hydrogen-bond donors (Lipinski definition) is 1. The molecular formula is C16H12BrF2NO3. The molecule has 0 aromatic heterocycles. The summed E-state index contributed by atoms with van der Waals surface area (Å²) in [4.78, 5) is 23.4. The molecule has 4 nitrogen and oxygen atoms in total. The van der Waals surface area contributed by atoms with Crippen molar-refractivity contribution in [1.29, 1.82) is 0 Å². The Balaban J connectivity index is 1.96. The van der Waals surface area contributed by atoms with Crippen LogP contribution in [0.25, 0.3) is 0 Å². The molecule has 23 heavy (non-hydrogen) atoms. The molecular weight excluding hydrogens is 372 g/mol. The lowest BCUT2D eigenvalue weighted by Gasteiger charge is -2.08. The molecule has 0 aliphatic heterocycles. The lowest BCUT2D eigenvalue weighted by atomic mass is 10.2. The molecule has 0 radical (unpaired) electrons. The molecule has 2 rings (SSSR count). The second-order valence-corrected chi connectivity index (χ2v) is 5.54. The maximum absolute atomic E-state index is 13.4. The number of carbonyl (C=O) groups is 2. The topological polar surface area (TPSA) is 55.4 Å². The number of nitrogens with one attached hydrogen (secondary N) is 1. The van der Waals surface area contributed by atoms with Crippen LogP contribution in [0.5, 0.6) is 0 Å². The minimum absolute atomic E-state index is 0.517. The second kappa shape index (κ2) is 7.32. The number of rotatable bonds is 4.